The summed E-state index contributed by atoms with van der Waals surface area (Å²) in [5.74, 6) is 0. The van der Waals surface area contributed by atoms with Gasteiger partial charge in [-0.15, -0.1) is 0 Å². The van der Waals surface area contributed by atoms with E-state index in [4.69, 9.17) is 0 Å². The Bertz CT molecular complexity index is 1140. The van der Waals surface area contributed by atoms with E-state index in [9.17, 15) is 5.11 Å². The maximum atomic E-state index is 11.5. The predicted molar refractivity (Wildman–Crippen MR) is 341 cm³/mol. The molecule has 0 aliphatic heterocycles. The van der Waals surface area contributed by atoms with E-state index in [1.54, 1.807) is 16.9 Å². The van der Waals surface area contributed by atoms with Crippen LogP contribution in [0.3, 0.4) is 0 Å². The smallest absolute Gasteiger partial charge is 0.0904 e. The quantitative estimate of drug-likeness (QED) is 0.0655. The summed E-state index contributed by atoms with van der Waals surface area (Å²) in [6, 6.07) is 4.57. The molecule has 1 N–H and O–H groups in total. The van der Waals surface area contributed by atoms with E-state index in [0.29, 0.717) is 5.41 Å². The second-order valence-electron chi connectivity index (χ2n) is 24.6. The van der Waals surface area contributed by atoms with Crippen LogP contribution in [0.4, 0.5) is 0 Å². The molecular weight excluding hydrogens is 933 g/mol. The summed E-state index contributed by atoms with van der Waals surface area (Å²) in [5.41, 5.74) is 2.62. The van der Waals surface area contributed by atoms with Gasteiger partial charge in [-0.3, -0.25) is 0 Å². The molecule has 2 aromatic rings. The molecule has 74 heavy (non-hydrogen) atoms. The monoisotopic (exact) mass is 1070 g/mol. The summed E-state index contributed by atoms with van der Waals surface area (Å²) in [6.45, 7) is 11.8. The standard InChI is InChI=1S/C36H68S.C35H66OS/c1-4-6-8-10-12-14-16-18-20-22-24-26-28-31-36(3,35-30-33-37-34-35)32-29-27-25-23-21-19-17-15-13-11-9-7-5-2;1-3-5-7-9-11-13-15-17-19-21-23-25-27-30-35(36,34-29-32-37-33-34)31-28-26-24-22-20-18-16-14-12-10-8-6-4-2/h30,33-34H,4-29,31-32H2,1-3H3;29,32-33,36H,3-28,30-31H2,1-2H3. The summed E-state index contributed by atoms with van der Waals surface area (Å²) in [5, 5.41) is 20.6. The van der Waals surface area contributed by atoms with Crippen molar-refractivity contribution in [3.8, 4) is 0 Å². The highest BCUT2D eigenvalue weighted by molar-refractivity contribution is 7.08. The first-order valence-electron chi connectivity index (χ1n) is 34.2. The average molecular weight is 1070 g/mol. The van der Waals surface area contributed by atoms with E-state index < -0.39 is 5.60 Å². The largest absolute Gasteiger partial charge is 0.385 e. The second kappa shape index (κ2) is 55.7. The van der Waals surface area contributed by atoms with Gasteiger partial charge in [0.2, 0.25) is 0 Å². The molecule has 0 bridgehead atoms. The maximum absolute atomic E-state index is 11.5. The van der Waals surface area contributed by atoms with Crippen LogP contribution in [0.25, 0.3) is 0 Å². The maximum Gasteiger partial charge on any atom is 0.0904 e. The van der Waals surface area contributed by atoms with Crippen molar-refractivity contribution in [2.45, 2.75) is 405 Å². The Hall–Kier alpha value is -0.640. The van der Waals surface area contributed by atoms with Crippen molar-refractivity contribution >= 4 is 22.7 Å². The van der Waals surface area contributed by atoms with Gasteiger partial charge in [0, 0.05) is 0 Å². The van der Waals surface area contributed by atoms with Crippen LogP contribution in [-0.4, -0.2) is 5.11 Å². The third-order valence-electron chi connectivity index (χ3n) is 17.3. The van der Waals surface area contributed by atoms with E-state index in [0.717, 1.165) is 12.8 Å². The van der Waals surface area contributed by atoms with Gasteiger partial charge in [0.25, 0.3) is 0 Å². The molecule has 0 aliphatic rings. The number of rotatable bonds is 58. The molecule has 0 fully saturated rings. The van der Waals surface area contributed by atoms with Crippen LogP contribution in [0.1, 0.15) is 405 Å². The molecule has 2 rings (SSSR count). The Balaban J connectivity index is 0.000000740. The molecule has 0 amide bonds. The highest BCUT2D eigenvalue weighted by Crippen LogP contribution is 2.37. The van der Waals surface area contributed by atoms with Crippen LogP contribution in [0.5, 0.6) is 0 Å². The Morgan fingerprint density at radius 1 is 0.270 bits per heavy atom. The molecule has 3 heteroatoms. The molecule has 0 saturated heterocycles. The Morgan fingerprint density at radius 2 is 0.459 bits per heavy atom. The molecule has 0 aromatic carbocycles. The van der Waals surface area contributed by atoms with Gasteiger partial charge < -0.3 is 5.11 Å². The second-order valence-corrected chi connectivity index (χ2v) is 26.1. The molecule has 2 heterocycles. The van der Waals surface area contributed by atoms with Crippen molar-refractivity contribution in [3.05, 3.63) is 44.8 Å². The normalized spacial score (nSPS) is 12.0. The molecule has 0 spiro atoms. The molecule has 0 aliphatic carbocycles. The first-order chi connectivity index (χ1) is 36.5. The molecule has 0 radical (unpaired) electrons. The fourth-order valence-corrected chi connectivity index (χ4v) is 13.5. The van der Waals surface area contributed by atoms with Crippen molar-refractivity contribution in [1.29, 1.82) is 0 Å². The van der Waals surface area contributed by atoms with Gasteiger partial charge in [-0.25, -0.2) is 0 Å². The van der Waals surface area contributed by atoms with Gasteiger partial charge in [-0.2, -0.15) is 22.7 Å². The lowest BCUT2D eigenvalue weighted by molar-refractivity contribution is 0.0136. The van der Waals surface area contributed by atoms with Crippen molar-refractivity contribution in [2.75, 3.05) is 0 Å². The van der Waals surface area contributed by atoms with Crippen LogP contribution in [-0.2, 0) is 11.0 Å². The Morgan fingerprint density at radius 3 is 0.662 bits per heavy atom. The molecule has 2 aromatic heterocycles. The van der Waals surface area contributed by atoms with Gasteiger partial charge in [0.05, 0.1) is 5.60 Å². The van der Waals surface area contributed by atoms with E-state index in [-0.39, 0.29) is 0 Å². The lowest BCUT2D eigenvalue weighted by Crippen LogP contribution is -2.25. The minimum absolute atomic E-state index is 0.412. The fraction of sp³-hybridized carbons (Fsp3) is 0.887. The lowest BCUT2D eigenvalue weighted by Gasteiger charge is -2.29. The Kier molecular flexibility index (Phi) is 53.7. The molecule has 0 atom stereocenters. The van der Waals surface area contributed by atoms with Crippen molar-refractivity contribution in [2.24, 2.45) is 0 Å². The average Bonchev–Trinajstić information content (AvgIpc) is 4.18. The van der Waals surface area contributed by atoms with E-state index in [2.05, 4.69) is 68.3 Å². The first-order valence-corrected chi connectivity index (χ1v) is 36.1. The number of thiophene rings is 2. The van der Waals surface area contributed by atoms with Crippen LogP contribution in [0, 0.1) is 0 Å². The topological polar surface area (TPSA) is 20.2 Å². The fourth-order valence-electron chi connectivity index (χ4n) is 11.9. The summed E-state index contributed by atoms with van der Waals surface area (Å²) in [4.78, 5) is 0. The minimum atomic E-state index is -0.588. The lowest BCUT2D eigenvalue weighted by atomic mass is 9.75. The summed E-state index contributed by atoms with van der Waals surface area (Å²) < 4.78 is 0. The SMILES string of the molecule is CCCCCCCCCCCCCCCC(C)(CCCCCCCCCCCCCCC)c1ccsc1.CCCCCCCCCCCCCCCC(O)(CCCCCCCCCCCCCCC)c1ccsc1. The minimum Gasteiger partial charge on any atom is -0.385 e. The van der Waals surface area contributed by atoms with Gasteiger partial charge in [-0.05, 0) is 75.9 Å². The number of hydrogen-bond donors (Lipinski definition) is 1. The van der Waals surface area contributed by atoms with Gasteiger partial charge in [0.1, 0.15) is 0 Å². The zero-order chi connectivity index (χ0) is 53.4. The zero-order valence-electron chi connectivity index (χ0n) is 51.3. The predicted octanol–water partition coefficient (Wildman–Crippen LogP) is 26.9. The highest BCUT2D eigenvalue weighted by atomic mass is 32.1. The third kappa shape index (κ3) is 44.2. The Labute approximate surface area is 475 Å². The van der Waals surface area contributed by atoms with Crippen molar-refractivity contribution in [3.63, 3.8) is 0 Å². The van der Waals surface area contributed by atoms with Crippen molar-refractivity contribution < 1.29 is 5.11 Å². The van der Waals surface area contributed by atoms with Gasteiger partial charge in [0.15, 0.2) is 0 Å². The van der Waals surface area contributed by atoms with Crippen LogP contribution in [0.2, 0.25) is 0 Å². The van der Waals surface area contributed by atoms with E-state index >= 15 is 0 Å². The molecule has 436 valence electrons. The molecule has 1 nitrogen and oxygen atoms in total. The van der Waals surface area contributed by atoms with Crippen LogP contribution in [0.15, 0.2) is 33.7 Å². The van der Waals surface area contributed by atoms with Gasteiger partial charge >= 0.3 is 0 Å². The highest BCUT2D eigenvalue weighted by Gasteiger charge is 2.29. The van der Waals surface area contributed by atoms with Crippen LogP contribution < -0.4 is 0 Å². The third-order valence-corrected chi connectivity index (χ3v) is 18.7. The van der Waals surface area contributed by atoms with Crippen LogP contribution >= 0.6 is 22.7 Å². The molecule has 0 unspecified atom stereocenters. The first kappa shape index (κ1) is 71.4. The molecule has 0 saturated carbocycles. The van der Waals surface area contributed by atoms with E-state index in [1.807, 2.05) is 11.3 Å². The van der Waals surface area contributed by atoms with E-state index in [1.165, 1.54) is 352 Å². The molecular formula is C71H134OS2. The number of hydrogen-bond acceptors (Lipinski definition) is 3. The summed E-state index contributed by atoms with van der Waals surface area (Å²) >= 11 is 3.62. The summed E-state index contributed by atoms with van der Waals surface area (Å²) in [7, 11) is 0. The van der Waals surface area contributed by atoms with Crippen molar-refractivity contribution in [1.82, 2.24) is 0 Å². The summed E-state index contributed by atoms with van der Waals surface area (Å²) in [6.07, 6.45) is 78.3. The number of unbranched alkanes of at least 4 members (excludes halogenated alkanes) is 48. The zero-order valence-corrected chi connectivity index (χ0v) is 53.0. The van der Waals surface area contributed by atoms with Gasteiger partial charge in [-0.1, -0.05) is 369 Å². The number of aliphatic hydroxyl groups is 1.